The SMILES string of the molecule is C1=CC(c2nc(-c3ccc(-n4c5ccccc5c5c6ccc7ccccc7c6c6ccccc6c54)cc3)c3ccccc3n2)=CCC1. The Morgan fingerprint density at radius 1 is 0.511 bits per heavy atom. The van der Waals surface area contributed by atoms with Gasteiger partial charge >= 0.3 is 0 Å². The zero-order valence-corrected chi connectivity index (χ0v) is 25.7. The standard InChI is InChI=1S/C44H29N3/c1-2-13-30(14-3-1)44-45-38-20-10-8-18-35(38)42(46-44)29-22-25-31(26-23-29)47-39-21-11-9-19-36(39)41-37-27-24-28-12-4-5-15-32(28)40(37)33-16-6-7-17-34(33)43(41)47/h2,4-27H,1,3H2. The zero-order chi connectivity index (χ0) is 30.9. The number of rotatable bonds is 3. The van der Waals surface area contributed by atoms with Gasteiger partial charge in [-0.1, -0.05) is 127 Å². The molecule has 3 heteroatoms. The molecule has 0 atom stereocenters. The molecule has 0 N–H and O–H groups in total. The van der Waals surface area contributed by atoms with Crippen molar-refractivity contribution in [2.24, 2.45) is 0 Å². The fourth-order valence-electron chi connectivity index (χ4n) is 7.69. The second-order valence-corrected chi connectivity index (χ2v) is 12.4. The summed E-state index contributed by atoms with van der Waals surface area (Å²) in [4.78, 5) is 10.1. The van der Waals surface area contributed by atoms with Gasteiger partial charge in [0.25, 0.3) is 0 Å². The first-order valence-corrected chi connectivity index (χ1v) is 16.3. The monoisotopic (exact) mass is 599 g/mol. The van der Waals surface area contributed by atoms with Gasteiger partial charge in [0.05, 0.1) is 22.2 Å². The topological polar surface area (TPSA) is 30.7 Å². The summed E-state index contributed by atoms with van der Waals surface area (Å²) in [7, 11) is 0. The van der Waals surface area contributed by atoms with Crippen LogP contribution in [0.5, 0.6) is 0 Å². The van der Waals surface area contributed by atoms with Crippen LogP contribution in [-0.4, -0.2) is 14.5 Å². The third kappa shape index (κ3) is 3.93. The lowest BCUT2D eigenvalue weighted by molar-refractivity contribution is 1.03. The molecule has 220 valence electrons. The number of para-hydroxylation sites is 2. The molecule has 2 heterocycles. The van der Waals surface area contributed by atoms with E-state index in [0.717, 1.165) is 52.1 Å². The Bertz CT molecular complexity index is 2780. The van der Waals surface area contributed by atoms with E-state index in [1.54, 1.807) is 0 Å². The van der Waals surface area contributed by atoms with Crippen molar-refractivity contribution < 1.29 is 0 Å². The molecule has 1 aliphatic carbocycles. The summed E-state index contributed by atoms with van der Waals surface area (Å²) < 4.78 is 2.45. The molecule has 0 bridgehead atoms. The Morgan fingerprint density at radius 3 is 2.06 bits per heavy atom. The van der Waals surface area contributed by atoms with Gasteiger partial charge in [0.2, 0.25) is 0 Å². The van der Waals surface area contributed by atoms with E-state index < -0.39 is 0 Å². The number of nitrogens with zero attached hydrogens (tertiary/aromatic N) is 3. The second kappa shape index (κ2) is 10.2. The Kier molecular flexibility index (Phi) is 5.70. The Balaban J connectivity index is 1.24. The predicted octanol–water partition coefficient (Wildman–Crippen LogP) is 11.6. The van der Waals surface area contributed by atoms with E-state index in [4.69, 9.17) is 9.97 Å². The van der Waals surface area contributed by atoms with Crippen molar-refractivity contribution in [3.63, 3.8) is 0 Å². The van der Waals surface area contributed by atoms with Gasteiger partial charge in [-0.25, -0.2) is 9.97 Å². The van der Waals surface area contributed by atoms with Crippen molar-refractivity contribution in [2.45, 2.75) is 12.8 Å². The molecule has 9 aromatic rings. The molecule has 47 heavy (non-hydrogen) atoms. The van der Waals surface area contributed by atoms with E-state index in [1.165, 1.54) is 54.1 Å². The predicted molar refractivity (Wildman–Crippen MR) is 198 cm³/mol. The fourth-order valence-corrected chi connectivity index (χ4v) is 7.69. The lowest BCUT2D eigenvalue weighted by Crippen LogP contribution is -1.99. The number of hydrogen-bond donors (Lipinski definition) is 0. The maximum Gasteiger partial charge on any atom is 0.160 e. The molecule has 3 nitrogen and oxygen atoms in total. The highest BCUT2D eigenvalue weighted by atomic mass is 15.0. The summed E-state index contributed by atoms with van der Waals surface area (Å²) in [5.74, 6) is 0.784. The summed E-state index contributed by atoms with van der Waals surface area (Å²) in [5, 5.41) is 11.3. The van der Waals surface area contributed by atoms with E-state index in [-0.39, 0.29) is 0 Å². The molecular weight excluding hydrogens is 571 g/mol. The minimum absolute atomic E-state index is 0.784. The van der Waals surface area contributed by atoms with E-state index >= 15 is 0 Å². The Hall–Kier alpha value is -6.06. The number of fused-ring (bicyclic) bond motifs is 11. The van der Waals surface area contributed by atoms with Crippen LogP contribution in [-0.2, 0) is 0 Å². The molecule has 2 aromatic heterocycles. The molecule has 0 fully saturated rings. The van der Waals surface area contributed by atoms with Gasteiger partial charge in [-0.3, -0.25) is 0 Å². The van der Waals surface area contributed by atoms with Gasteiger partial charge in [0.15, 0.2) is 5.82 Å². The second-order valence-electron chi connectivity index (χ2n) is 12.4. The fraction of sp³-hybridized carbons (Fsp3) is 0.0455. The van der Waals surface area contributed by atoms with Gasteiger partial charge in [-0.05, 0) is 64.0 Å². The average molecular weight is 600 g/mol. The maximum atomic E-state index is 5.15. The van der Waals surface area contributed by atoms with Crippen molar-refractivity contribution in [2.75, 3.05) is 0 Å². The van der Waals surface area contributed by atoms with Crippen LogP contribution in [0.4, 0.5) is 0 Å². The molecule has 0 radical (unpaired) electrons. The molecule has 1 aliphatic rings. The Morgan fingerprint density at radius 2 is 1.23 bits per heavy atom. The first kappa shape index (κ1) is 26.2. The van der Waals surface area contributed by atoms with Crippen LogP contribution in [0.15, 0.2) is 152 Å². The van der Waals surface area contributed by atoms with Crippen molar-refractivity contribution in [3.8, 4) is 16.9 Å². The highest BCUT2D eigenvalue weighted by molar-refractivity contribution is 6.36. The van der Waals surface area contributed by atoms with Crippen LogP contribution in [0.25, 0.3) is 87.5 Å². The minimum Gasteiger partial charge on any atom is -0.309 e. The van der Waals surface area contributed by atoms with Crippen LogP contribution in [0, 0.1) is 0 Å². The number of allylic oxidation sites excluding steroid dienone is 4. The third-order valence-corrected chi connectivity index (χ3v) is 9.78. The first-order valence-electron chi connectivity index (χ1n) is 16.3. The molecule has 0 amide bonds. The van der Waals surface area contributed by atoms with Crippen molar-refractivity contribution in [3.05, 3.63) is 158 Å². The minimum atomic E-state index is 0.784. The summed E-state index contributed by atoms with van der Waals surface area (Å²) in [5.41, 5.74) is 7.66. The van der Waals surface area contributed by atoms with Crippen LogP contribution in [0.1, 0.15) is 18.7 Å². The summed E-state index contributed by atoms with van der Waals surface area (Å²) >= 11 is 0. The molecule has 10 rings (SSSR count). The quantitative estimate of drug-likeness (QED) is 0.189. The van der Waals surface area contributed by atoms with Gasteiger partial charge < -0.3 is 4.57 Å². The van der Waals surface area contributed by atoms with E-state index in [1.807, 2.05) is 0 Å². The van der Waals surface area contributed by atoms with E-state index in [9.17, 15) is 0 Å². The molecular formula is C44H29N3. The highest BCUT2D eigenvalue weighted by Gasteiger charge is 2.20. The number of aromatic nitrogens is 3. The number of hydrogen-bond acceptors (Lipinski definition) is 2. The molecule has 0 spiro atoms. The van der Waals surface area contributed by atoms with Crippen LogP contribution >= 0.6 is 0 Å². The smallest absolute Gasteiger partial charge is 0.160 e. The lowest BCUT2D eigenvalue weighted by Gasteiger charge is -2.14. The Labute approximate surface area is 271 Å². The molecule has 7 aromatic carbocycles. The van der Waals surface area contributed by atoms with Gasteiger partial charge in [0, 0.05) is 38.4 Å². The van der Waals surface area contributed by atoms with E-state index in [2.05, 4.69) is 156 Å². The lowest BCUT2D eigenvalue weighted by atomic mass is 9.93. The van der Waals surface area contributed by atoms with Crippen LogP contribution in [0.3, 0.4) is 0 Å². The first-order chi connectivity index (χ1) is 23.3. The van der Waals surface area contributed by atoms with Crippen LogP contribution in [0.2, 0.25) is 0 Å². The highest BCUT2D eigenvalue weighted by Crippen LogP contribution is 2.44. The summed E-state index contributed by atoms with van der Waals surface area (Å²) in [6.07, 6.45) is 8.69. The van der Waals surface area contributed by atoms with Gasteiger partial charge in [-0.2, -0.15) is 0 Å². The molecule has 0 aliphatic heterocycles. The van der Waals surface area contributed by atoms with Crippen molar-refractivity contribution in [1.82, 2.24) is 14.5 Å². The molecule has 0 saturated carbocycles. The zero-order valence-electron chi connectivity index (χ0n) is 25.7. The van der Waals surface area contributed by atoms with Crippen LogP contribution < -0.4 is 0 Å². The average Bonchev–Trinajstić information content (AvgIpc) is 3.50. The number of benzene rings is 7. The van der Waals surface area contributed by atoms with Crippen molar-refractivity contribution in [1.29, 1.82) is 0 Å². The molecule has 0 saturated heterocycles. The maximum absolute atomic E-state index is 5.15. The summed E-state index contributed by atoms with van der Waals surface area (Å²) in [6, 6.07) is 48.3. The third-order valence-electron chi connectivity index (χ3n) is 9.78. The largest absolute Gasteiger partial charge is 0.309 e. The van der Waals surface area contributed by atoms with E-state index in [0.29, 0.717) is 0 Å². The van der Waals surface area contributed by atoms with Gasteiger partial charge in [-0.15, -0.1) is 0 Å². The summed E-state index contributed by atoms with van der Waals surface area (Å²) in [6.45, 7) is 0. The molecule has 0 unspecified atom stereocenters. The van der Waals surface area contributed by atoms with Gasteiger partial charge in [0.1, 0.15) is 0 Å². The normalized spacial score (nSPS) is 13.4. The van der Waals surface area contributed by atoms with Crippen molar-refractivity contribution >= 4 is 70.6 Å².